The molecule has 1 atom stereocenters. The Kier molecular flexibility index (Phi) is 7.33. The van der Waals surface area contributed by atoms with Gasteiger partial charge in [-0.2, -0.15) is 0 Å². The highest BCUT2D eigenvalue weighted by molar-refractivity contribution is 6.32. The van der Waals surface area contributed by atoms with Crippen LogP contribution >= 0.6 is 11.6 Å². The number of carbonyl (C=O) groups is 1. The Balaban J connectivity index is 1.90. The lowest BCUT2D eigenvalue weighted by molar-refractivity contribution is 0.0811. The molecular weight excluding hydrogens is 352 g/mol. The number of aliphatic hydroxyl groups is 1. The molecule has 5 nitrogen and oxygen atoms in total. The molecule has 1 heterocycles. The number of rotatable bonds is 6. The maximum absolute atomic E-state index is 12.1. The number of carbonyl (C=O) groups excluding carboxylic acids is 1. The van der Waals surface area contributed by atoms with Gasteiger partial charge in [-0.3, -0.25) is 4.79 Å². The van der Waals surface area contributed by atoms with E-state index in [1.807, 2.05) is 0 Å². The fraction of sp³-hybridized carbons (Fsp3) is 0.650. The summed E-state index contributed by atoms with van der Waals surface area (Å²) in [6.07, 6.45) is 2.10. The molecule has 26 heavy (non-hydrogen) atoms. The summed E-state index contributed by atoms with van der Waals surface area (Å²) in [7, 11) is 0. The van der Waals surface area contributed by atoms with Crippen LogP contribution < -0.4 is 10.1 Å². The normalized spacial score (nSPS) is 17.8. The molecule has 0 aromatic heterocycles. The first-order chi connectivity index (χ1) is 12.2. The molecule has 1 aliphatic rings. The quantitative estimate of drug-likeness (QED) is 0.792. The maximum Gasteiger partial charge on any atom is 0.251 e. The molecule has 2 N–H and O–H groups in total. The third-order valence-electron chi connectivity index (χ3n) is 4.37. The number of aliphatic hydroxyl groups excluding tert-OH is 1. The molecule has 1 fully saturated rings. The van der Waals surface area contributed by atoms with E-state index in [0.29, 0.717) is 21.8 Å². The van der Waals surface area contributed by atoms with E-state index in [0.717, 1.165) is 32.5 Å². The van der Waals surface area contributed by atoms with Gasteiger partial charge in [-0.05, 0) is 43.4 Å². The first kappa shape index (κ1) is 21.0. The first-order valence-electron chi connectivity index (χ1n) is 9.28. The van der Waals surface area contributed by atoms with Gasteiger partial charge >= 0.3 is 0 Å². The fourth-order valence-electron chi connectivity index (χ4n) is 3.13. The maximum atomic E-state index is 12.1. The SMILES string of the molecule is C[C@@H](CO)NC(=O)c1ccc(OC2CCN(CC(C)(C)C)CC2)c(Cl)c1. The van der Waals surface area contributed by atoms with Crippen molar-refractivity contribution in [3.05, 3.63) is 28.8 Å². The van der Waals surface area contributed by atoms with Crippen molar-refractivity contribution in [1.29, 1.82) is 0 Å². The van der Waals surface area contributed by atoms with Crippen LogP contribution in [0.1, 0.15) is 50.9 Å². The van der Waals surface area contributed by atoms with Crippen LogP contribution in [0.25, 0.3) is 0 Å². The predicted molar refractivity (Wildman–Crippen MR) is 105 cm³/mol. The number of hydrogen-bond acceptors (Lipinski definition) is 4. The van der Waals surface area contributed by atoms with Crippen LogP contribution in [0, 0.1) is 5.41 Å². The predicted octanol–water partition coefficient (Wildman–Crippen LogP) is 3.34. The van der Waals surface area contributed by atoms with Gasteiger partial charge in [0.05, 0.1) is 11.6 Å². The van der Waals surface area contributed by atoms with Gasteiger partial charge in [-0.1, -0.05) is 32.4 Å². The first-order valence-corrected chi connectivity index (χ1v) is 9.66. The second-order valence-electron chi connectivity index (χ2n) is 8.36. The molecule has 0 aliphatic carbocycles. The Morgan fingerprint density at radius 2 is 2.04 bits per heavy atom. The summed E-state index contributed by atoms with van der Waals surface area (Å²) in [6, 6.07) is 4.78. The van der Waals surface area contributed by atoms with E-state index in [1.54, 1.807) is 25.1 Å². The summed E-state index contributed by atoms with van der Waals surface area (Å²) in [5.41, 5.74) is 0.767. The Bertz CT molecular complexity index is 608. The number of nitrogens with zero attached hydrogens (tertiary/aromatic N) is 1. The largest absolute Gasteiger partial charge is 0.489 e. The Morgan fingerprint density at radius 1 is 1.38 bits per heavy atom. The third-order valence-corrected chi connectivity index (χ3v) is 4.67. The monoisotopic (exact) mass is 382 g/mol. The van der Waals surface area contributed by atoms with Crippen LogP contribution in [0.5, 0.6) is 5.75 Å². The van der Waals surface area contributed by atoms with Crippen LogP contribution in [-0.4, -0.2) is 54.3 Å². The molecule has 1 aromatic carbocycles. The highest BCUT2D eigenvalue weighted by Gasteiger charge is 2.24. The molecule has 146 valence electrons. The van der Waals surface area contributed by atoms with Crippen molar-refractivity contribution >= 4 is 17.5 Å². The molecule has 0 unspecified atom stereocenters. The molecular formula is C20H31ClN2O3. The molecule has 1 aromatic rings. The lowest BCUT2D eigenvalue weighted by Crippen LogP contribution is -2.42. The second-order valence-corrected chi connectivity index (χ2v) is 8.76. The van der Waals surface area contributed by atoms with E-state index in [1.165, 1.54) is 0 Å². The van der Waals surface area contributed by atoms with Crippen molar-refractivity contribution in [3.8, 4) is 5.75 Å². The average Bonchev–Trinajstić information content (AvgIpc) is 2.56. The van der Waals surface area contributed by atoms with Crippen LogP contribution in [-0.2, 0) is 0 Å². The number of halogens is 1. The summed E-state index contributed by atoms with van der Waals surface area (Å²) in [5, 5.41) is 12.2. The van der Waals surface area contributed by atoms with E-state index < -0.39 is 0 Å². The Hall–Kier alpha value is -1.30. The summed E-state index contributed by atoms with van der Waals surface area (Å²) >= 11 is 6.31. The van der Waals surface area contributed by atoms with Crippen molar-refractivity contribution in [3.63, 3.8) is 0 Å². The molecule has 1 aliphatic heterocycles. The van der Waals surface area contributed by atoms with Crippen molar-refractivity contribution in [1.82, 2.24) is 10.2 Å². The number of nitrogens with one attached hydrogen (secondary N) is 1. The molecule has 0 bridgehead atoms. The molecule has 0 saturated carbocycles. The molecule has 0 radical (unpaired) electrons. The molecule has 1 saturated heterocycles. The van der Waals surface area contributed by atoms with E-state index >= 15 is 0 Å². The fourth-order valence-corrected chi connectivity index (χ4v) is 3.35. The van der Waals surface area contributed by atoms with Crippen LogP contribution in [0.15, 0.2) is 18.2 Å². The minimum atomic E-state index is -0.296. The number of likely N-dealkylation sites (tertiary alicyclic amines) is 1. The van der Waals surface area contributed by atoms with Gasteiger partial charge in [0, 0.05) is 31.2 Å². The zero-order chi connectivity index (χ0) is 19.3. The molecule has 0 spiro atoms. The summed E-state index contributed by atoms with van der Waals surface area (Å²) in [5.74, 6) is 0.364. The lowest BCUT2D eigenvalue weighted by Gasteiger charge is -2.36. The number of ether oxygens (including phenoxy) is 1. The number of benzene rings is 1. The van der Waals surface area contributed by atoms with Crippen molar-refractivity contribution in [2.45, 2.75) is 52.7 Å². The Morgan fingerprint density at radius 3 is 2.58 bits per heavy atom. The van der Waals surface area contributed by atoms with E-state index in [2.05, 4.69) is 31.0 Å². The summed E-state index contributed by atoms with van der Waals surface area (Å²) in [4.78, 5) is 14.6. The van der Waals surface area contributed by atoms with E-state index in [-0.39, 0.29) is 24.7 Å². The third kappa shape index (κ3) is 6.45. The minimum absolute atomic E-state index is 0.103. The standard InChI is InChI=1S/C20H31ClN2O3/c1-14(12-24)22-19(25)15-5-6-18(17(21)11-15)26-16-7-9-23(10-8-16)13-20(2,3)4/h5-6,11,14,16,24H,7-10,12-13H2,1-4H3,(H,22,25)/t14-/m0/s1. The van der Waals surface area contributed by atoms with Gasteiger partial charge in [0.25, 0.3) is 5.91 Å². The van der Waals surface area contributed by atoms with Crippen LogP contribution in [0.2, 0.25) is 5.02 Å². The lowest BCUT2D eigenvalue weighted by atomic mass is 9.94. The van der Waals surface area contributed by atoms with Crippen molar-refractivity contribution in [2.24, 2.45) is 5.41 Å². The average molecular weight is 383 g/mol. The molecule has 1 amide bonds. The zero-order valence-corrected chi connectivity index (χ0v) is 17.0. The van der Waals surface area contributed by atoms with Crippen molar-refractivity contribution in [2.75, 3.05) is 26.2 Å². The van der Waals surface area contributed by atoms with Gasteiger partial charge < -0.3 is 20.1 Å². The summed E-state index contributed by atoms with van der Waals surface area (Å²) in [6.45, 7) is 11.6. The van der Waals surface area contributed by atoms with Gasteiger partial charge in [0.15, 0.2) is 0 Å². The smallest absolute Gasteiger partial charge is 0.251 e. The highest BCUT2D eigenvalue weighted by Crippen LogP contribution is 2.29. The second kappa shape index (κ2) is 9.07. The van der Waals surface area contributed by atoms with Gasteiger partial charge in [0.1, 0.15) is 11.9 Å². The van der Waals surface area contributed by atoms with Crippen molar-refractivity contribution < 1.29 is 14.6 Å². The number of amides is 1. The highest BCUT2D eigenvalue weighted by atomic mass is 35.5. The van der Waals surface area contributed by atoms with Gasteiger partial charge in [-0.15, -0.1) is 0 Å². The molecule has 2 rings (SSSR count). The van der Waals surface area contributed by atoms with Gasteiger partial charge in [-0.25, -0.2) is 0 Å². The minimum Gasteiger partial charge on any atom is -0.489 e. The Labute approximate surface area is 161 Å². The summed E-state index contributed by atoms with van der Waals surface area (Å²) < 4.78 is 6.07. The topological polar surface area (TPSA) is 61.8 Å². The zero-order valence-electron chi connectivity index (χ0n) is 16.2. The van der Waals surface area contributed by atoms with E-state index in [9.17, 15) is 4.79 Å². The van der Waals surface area contributed by atoms with Gasteiger partial charge in [0.2, 0.25) is 0 Å². The van der Waals surface area contributed by atoms with Crippen LogP contribution in [0.4, 0.5) is 0 Å². The number of piperidine rings is 1. The van der Waals surface area contributed by atoms with E-state index in [4.69, 9.17) is 21.4 Å². The van der Waals surface area contributed by atoms with Crippen LogP contribution in [0.3, 0.4) is 0 Å². The number of hydrogen-bond donors (Lipinski definition) is 2. The molecule has 6 heteroatoms.